The Morgan fingerprint density at radius 2 is 1.67 bits per heavy atom. The fraction of sp³-hybridized carbons (Fsp3) is 0.500. The first-order chi connectivity index (χ1) is 16.0. The molecule has 3 aliphatic rings. The molecular weight excluding hydrogens is 454 g/mol. The Morgan fingerprint density at radius 3 is 2.42 bits per heavy atom. The molecule has 0 spiro atoms. The summed E-state index contributed by atoms with van der Waals surface area (Å²) in [5, 5.41) is 4.48. The summed E-state index contributed by atoms with van der Waals surface area (Å²) in [6, 6.07) is 15.3. The minimum absolute atomic E-state index is 0.339. The molecule has 0 bridgehead atoms. The Labute approximate surface area is 202 Å². The molecule has 5 rings (SSSR count). The Kier molecular flexibility index (Phi) is 6.77. The van der Waals surface area contributed by atoms with Crippen LogP contribution in [0.4, 0.5) is 0 Å². The molecule has 33 heavy (non-hydrogen) atoms. The maximum Gasteiger partial charge on any atom is 0.240 e. The Balaban J connectivity index is 1.07. The SMILES string of the molecule is O=S(=O)(NCC1CCC(CNC2=N[C@@H]3CCc4cc(Cl)ccc4[C@@H]3C2)CC1)c1ccccc1. The molecule has 0 unspecified atom stereocenters. The average molecular weight is 486 g/mol. The third-order valence-electron chi connectivity index (χ3n) is 7.59. The topological polar surface area (TPSA) is 70.6 Å². The normalized spacial score (nSPS) is 26.9. The number of amidine groups is 1. The molecule has 2 aromatic rings. The molecule has 5 nitrogen and oxygen atoms in total. The predicted molar refractivity (Wildman–Crippen MR) is 133 cm³/mol. The predicted octanol–water partition coefficient (Wildman–Crippen LogP) is 4.92. The number of hydrogen-bond donors (Lipinski definition) is 2. The van der Waals surface area contributed by atoms with Crippen LogP contribution in [-0.2, 0) is 16.4 Å². The Morgan fingerprint density at radius 1 is 0.939 bits per heavy atom. The third kappa shape index (κ3) is 5.28. The monoisotopic (exact) mass is 485 g/mol. The molecule has 2 atom stereocenters. The molecule has 176 valence electrons. The van der Waals surface area contributed by atoms with Crippen molar-refractivity contribution >= 4 is 27.5 Å². The number of sulfonamides is 1. The minimum Gasteiger partial charge on any atom is -0.374 e. The molecular formula is C26H32ClN3O2S. The first-order valence-corrected chi connectivity index (χ1v) is 14.0. The summed E-state index contributed by atoms with van der Waals surface area (Å²) in [4.78, 5) is 5.35. The zero-order valence-corrected chi connectivity index (χ0v) is 20.4. The number of benzene rings is 2. The number of aryl methyl sites for hydroxylation is 1. The molecule has 0 radical (unpaired) electrons. The van der Waals surface area contributed by atoms with Crippen molar-refractivity contribution in [2.45, 2.75) is 61.8 Å². The van der Waals surface area contributed by atoms with Crippen LogP contribution in [0.2, 0.25) is 5.02 Å². The summed E-state index contributed by atoms with van der Waals surface area (Å²) < 4.78 is 27.7. The van der Waals surface area contributed by atoms with Crippen LogP contribution in [0.25, 0.3) is 0 Å². The molecule has 1 fully saturated rings. The van der Waals surface area contributed by atoms with Gasteiger partial charge in [0.2, 0.25) is 10.0 Å². The first kappa shape index (κ1) is 22.9. The molecule has 7 heteroatoms. The van der Waals surface area contributed by atoms with Crippen LogP contribution in [0.15, 0.2) is 58.4 Å². The maximum atomic E-state index is 12.4. The van der Waals surface area contributed by atoms with E-state index < -0.39 is 10.0 Å². The van der Waals surface area contributed by atoms with Gasteiger partial charge in [0, 0.05) is 30.5 Å². The van der Waals surface area contributed by atoms with E-state index in [9.17, 15) is 8.42 Å². The number of nitrogens with zero attached hydrogens (tertiary/aromatic N) is 1. The van der Waals surface area contributed by atoms with E-state index in [0.29, 0.717) is 35.2 Å². The average Bonchev–Trinajstić information content (AvgIpc) is 3.26. The summed E-state index contributed by atoms with van der Waals surface area (Å²) in [6.07, 6.45) is 7.55. The van der Waals surface area contributed by atoms with Crippen LogP contribution in [0, 0.1) is 11.8 Å². The van der Waals surface area contributed by atoms with Gasteiger partial charge in [0.25, 0.3) is 0 Å². The molecule has 1 aliphatic heterocycles. The zero-order chi connectivity index (χ0) is 22.8. The smallest absolute Gasteiger partial charge is 0.240 e. The minimum atomic E-state index is -3.41. The molecule has 0 aromatic heterocycles. The first-order valence-electron chi connectivity index (χ1n) is 12.1. The van der Waals surface area contributed by atoms with Crippen molar-refractivity contribution in [1.82, 2.24) is 10.0 Å². The third-order valence-corrected chi connectivity index (χ3v) is 9.26. The summed E-state index contributed by atoms with van der Waals surface area (Å²) >= 11 is 6.19. The highest BCUT2D eigenvalue weighted by molar-refractivity contribution is 7.89. The highest BCUT2D eigenvalue weighted by Crippen LogP contribution is 2.40. The van der Waals surface area contributed by atoms with E-state index >= 15 is 0 Å². The van der Waals surface area contributed by atoms with E-state index in [0.717, 1.165) is 62.3 Å². The van der Waals surface area contributed by atoms with Crippen molar-refractivity contribution in [2.24, 2.45) is 16.8 Å². The molecule has 2 aliphatic carbocycles. The molecule has 2 N–H and O–H groups in total. The lowest BCUT2D eigenvalue weighted by Crippen LogP contribution is -2.34. The fourth-order valence-electron chi connectivity index (χ4n) is 5.66. The van der Waals surface area contributed by atoms with Gasteiger partial charge in [-0.05, 0) is 85.8 Å². The van der Waals surface area contributed by atoms with Gasteiger partial charge in [0.05, 0.1) is 16.8 Å². The second-order valence-electron chi connectivity index (χ2n) is 9.77. The lowest BCUT2D eigenvalue weighted by atomic mass is 9.79. The number of aliphatic imine (C=N–C) groups is 1. The highest BCUT2D eigenvalue weighted by atomic mass is 35.5. The summed E-state index contributed by atoms with van der Waals surface area (Å²) in [5.74, 6) is 2.69. The Bertz CT molecular complexity index is 1110. The van der Waals surface area contributed by atoms with Crippen LogP contribution >= 0.6 is 11.6 Å². The van der Waals surface area contributed by atoms with Crippen molar-refractivity contribution in [3.05, 3.63) is 64.7 Å². The number of rotatable bonds is 6. The lowest BCUT2D eigenvalue weighted by Gasteiger charge is -2.29. The van der Waals surface area contributed by atoms with Crippen LogP contribution in [0.1, 0.15) is 55.6 Å². The van der Waals surface area contributed by atoms with Crippen molar-refractivity contribution < 1.29 is 8.42 Å². The van der Waals surface area contributed by atoms with Gasteiger partial charge in [0.15, 0.2) is 0 Å². The van der Waals surface area contributed by atoms with E-state index in [-0.39, 0.29) is 0 Å². The second-order valence-corrected chi connectivity index (χ2v) is 12.0. The summed E-state index contributed by atoms with van der Waals surface area (Å²) in [7, 11) is -3.41. The van der Waals surface area contributed by atoms with Gasteiger partial charge in [-0.2, -0.15) is 0 Å². The molecule has 0 saturated heterocycles. The van der Waals surface area contributed by atoms with Crippen LogP contribution in [0.5, 0.6) is 0 Å². The number of hydrogen-bond acceptors (Lipinski definition) is 4. The fourth-order valence-corrected chi connectivity index (χ4v) is 6.99. The van der Waals surface area contributed by atoms with Gasteiger partial charge in [0.1, 0.15) is 0 Å². The quantitative estimate of drug-likeness (QED) is 0.610. The van der Waals surface area contributed by atoms with E-state index in [1.165, 1.54) is 11.1 Å². The van der Waals surface area contributed by atoms with Gasteiger partial charge < -0.3 is 5.32 Å². The molecule has 2 aromatic carbocycles. The number of nitrogens with one attached hydrogen (secondary N) is 2. The zero-order valence-electron chi connectivity index (χ0n) is 18.8. The van der Waals surface area contributed by atoms with E-state index in [4.69, 9.17) is 16.6 Å². The van der Waals surface area contributed by atoms with Gasteiger partial charge in [-0.3, -0.25) is 4.99 Å². The van der Waals surface area contributed by atoms with Crippen LogP contribution in [0.3, 0.4) is 0 Å². The summed E-state index contributed by atoms with van der Waals surface area (Å²) in [5.41, 5.74) is 2.82. The van der Waals surface area contributed by atoms with Crippen molar-refractivity contribution in [3.8, 4) is 0 Å². The second kappa shape index (κ2) is 9.77. The Hall–Kier alpha value is -1.89. The van der Waals surface area contributed by atoms with Crippen molar-refractivity contribution in [2.75, 3.05) is 13.1 Å². The van der Waals surface area contributed by atoms with E-state index in [1.807, 2.05) is 12.1 Å². The molecule has 0 amide bonds. The molecule has 1 saturated carbocycles. The van der Waals surface area contributed by atoms with E-state index in [1.54, 1.807) is 24.3 Å². The number of fused-ring (bicyclic) bond motifs is 3. The van der Waals surface area contributed by atoms with Crippen LogP contribution < -0.4 is 10.0 Å². The standard InChI is InChI=1S/C26H32ClN3O2S/c27-21-11-12-23-20(14-21)10-13-25-24(23)15-26(30-25)28-16-18-6-8-19(9-7-18)17-29-33(31,32)22-4-2-1-3-5-22/h1-5,11-12,14,18-19,24-25,29H,6-10,13,15-17H2,(H,28,30)/t18?,19?,24-,25+/m0/s1. The largest absolute Gasteiger partial charge is 0.374 e. The number of halogens is 1. The van der Waals surface area contributed by atoms with Crippen LogP contribution in [-0.4, -0.2) is 33.4 Å². The highest BCUT2D eigenvalue weighted by Gasteiger charge is 2.35. The van der Waals surface area contributed by atoms with Gasteiger partial charge in [-0.1, -0.05) is 35.9 Å². The van der Waals surface area contributed by atoms with Gasteiger partial charge >= 0.3 is 0 Å². The lowest BCUT2D eigenvalue weighted by molar-refractivity contribution is 0.275. The van der Waals surface area contributed by atoms with Gasteiger partial charge in [-0.25, -0.2) is 13.1 Å². The maximum absolute atomic E-state index is 12.4. The van der Waals surface area contributed by atoms with Crippen molar-refractivity contribution in [3.63, 3.8) is 0 Å². The summed E-state index contributed by atoms with van der Waals surface area (Å²) in [6.45, 7) is 1.49. The van der Waals surface area contributed by atoms with Gasteiger partial charge in [-0.15, -0.1) is 0 Å². The molecule has 1 heterocycles. The van der Waals surface area contributed by atoms with E-state index in [2.05, 4.69) is 22.2 Å². The van der Waals surface area contributed by atoms with Crippen molar-refractivity contribution in [1.29, 1.82) is 0 Å².